The van der Waals surface area contributed by atoms with E-state index in [9.17, 15) is 9.59 Å². The molecule has 0 saturated heterocycles. The zero-order chi connectivity index (χ0) is 17.9. The molecule has 0 saturated carbocycles. The van der Waals surface area contributed by atoms with Crippen LogP contribution in [0.15, 0.2) is 36.4 Å². The molecule has 2 aliphatic heterocycles. The van der Waals surface area contributed by atoms with Crippen LogP contribution in [0.4, 0.5) is 11.4 Å². The van der Waals surface area contributed by atoms with Gasteiger partial charge in [-0.25, -0.2) is 0 Å². The van der Waals surface area contributed by atoms with Crippen molar-refractivity contribution in [2.24, 2.45) is 0 Å². The smallest absolute Gasteiger partial charge is 0.262 e. The number of rotatable bonds is 4. The summed E-state index contributed by atoms with van der Waals surface area (Å²) in [4.78, 5) is 23.7. The van der Waals surface area contributed by atoms with Gasteiger partial charge in [-0.2, -0.15) is 0 Å². The van der Waals surface area contributed by atoms with E-state index in [1.165, 1.54) is 0 Å². The van der Waals surface area contributed by atoms with Gasteiger partial charge >= 0.3 is 0 Å². The molecule has 0 fully saturated rings. The average Bonchev–Trinajstić information content (AvgIpc) is 3.01. The molecule has 2 N–H and O–H groups in total. The van der Waals surface area contributed by atoms with Gasteiger partial charge in [0, 0.05) is 23.9 Å². The summed E-state index contributed by atoms with van der Waals surface area (Å²) in [7, 11) is 0. The highest BCUT2D eigenvalue weighted by Crippen LogP contribution is 2.35. The molecule has 7 nitrogen and oxygen atoms in total. The minimum absolute atomic E-state index is 0.0256. The first-order chi connectivity index (χ1) is 12.7. The van der Waals surface area contributed by atoms with Gasteiger partial charge in [0.2, 0.25) is 12.7 Å². The normalized spacial score (nSPS) is 14.8. The molecule has 2 aromatic carbocycles. The predicted octanol–water partition coefficient (Wildman–Crippen LogP) is 2.71. The van der Waals surface area contributed by atoms with Crippen LogP contribution in [-0.4, -0.2) is 25.2 Å². The summed E-state index contributed by atoms with van der Waals surface area (Å²) in [6, 6.07) is 10.6. The molecule has 2 amide bonds. The topological polar surface area (TPSA) is 85.9 Å². The van der Waals surface area contributed by atoms with Gasteiger partial charge in [0.15, 0.2) is 18.1 Å². The Morgan fingerprint density at radius 1 is 1.12 bits per heavy atom. The summed E-state index contributed by atoms with van der Waals surface area (Å²) < 4.78 is 16.0. The SMILES string of the molecule is O=C(COc1ccc2c(c1)OCO2)Nc1ccc2c(c1)CCCC(=O)N2. The Labute approximate surface area is 150 Å². The van der Waals surface area contributed by atoms with Crippen molar-refractivity contribution in [2.45, 2.75) is 19.3 Å². The Morgan fingerprint density at radius 3 is 2.92 bits per heavy atom. The van der Waals surface area contributed by atoms with Crippen molar-refractivity contribution in [1.82, 2.24) is 0 Å². The summed E-state index contributed by atoms with van der Waals surface area (Å²) in [5.41, 5.74) is 2.51. The summed E-state index contributed by atoms with van der Waals surface area (Å²) in [6.07, 6.45) is 2.11. The van der Waals surface area contributed by atoms with E-state index in [2.05, 4.69) is 10.6 Å². The maximum absolute atomic E-state index is 12.1. The van der Waals surface area contributed by atoms with Gasteiger partial charge < -0.3 is 24.8 Å². The van der Waals surface area contributed by atoms with Crippen molar-refractivity contribution >= 4 is 23.2 Å². The van der Waals surface area contributed by atoms with Crippen molar-refractivity contribution < 1.29 is 23.8 Å². The lowest BCUT2D eigenvalue weighted by molar-refractivity contribution is -0.118. The first kappa shape index (κ1) is 16.3. The number of amides is 2. The van der Waals surface area contributed by atoms with Crippen LogP contribution in [0.3, 0.4) is 0 Å². The van der Waals surface area contributed by atoms with Gasteiger partial charge in [0.25, 0.3) is 5.91 Å². The first-order valence-electron chi connectivity index (χ1n) is 8.42. The van der Waals surface area contributed by atoms with E-state index in [1.54, 1.807) is 24.3 Å². The van der Waals surface area contributed by atoms with Crippen LogP contribution in [0.1, 0.15) is 18.4 Å². The quantitative estimate of drug-likeness (QED) is 0.882. The van der Waals surface area contributed by atoms with Gasteiger partial charge in [-0.3, -0.25) is 9.59 Å². The molecule has 0 spiro atoms. The molecule has 134 valence electrons. The van der Waals surface area contributed by atoms with E-state index in [0.29, 0.717) is 29.4 Å². The number of hydrogen-bond acceptors (Lipinski definition) is 5. The highest BCUT2D eigenvalue weighted by Gasteiger charge is 2.15. The number of anilines is 2. The zero-order valence-corrected chi connectivity index (χ0v) is 14.0. The van der Waals surface area contributed by atoms with Crippen LogP contribution in [-0.2, 0) is 16.0 Å². The lowest BCUT2D eigenvalue weighted by Gasteiger charge is -2.11. The number of aryl methyl sites for hydroxylation is 1. The second kappa shape index (κ2) is 6.95. The molecule has 0 atom stereocenters. The maximum atomic E-state index is 12.1. The minimum Gasteiger partial charge on any atom is -0.484 e. The number of fused-ring (bicyclic) bond motifs is 2. The van der Waals surface area contributed by atoms with Crippen LogP contribution in [0.25, 0.3) is 0 Å². The second-order valence-corrected chi connectivity index (χ2v) is 6.13. The van der Waals surface area contributed by atoms with Crippen LogP contribution in [0.2, 0.25) is 0 Å². The van der Waals surface area contributed by atoms with E-state index in [0.717, 1.165) is 24.1 Å². The van der Waals surface area contributed by atoms with Gasteiger partial charge in [0.05, 0.1) is 0 Å². The average molecular weight is 354 g/mol. The van der Waals surface area contributed by atoms with Gasteiger partial charge in [-0.15, -0.1) is 0 Å². The number of carbonyl (C=O) groups excluding carboxylic acids is 2. The van der Waals surface area contributed by atoms with Crippen molar-refractivity contribution in [3.63, 3.8) is 0 Å². The first-order valence-corrected chi connectivity index (χ1v) is 8.42. The molecule has 2 aliphatic rings. The highest BCUT2D eigenvalue weighted by molar-refractivity contribution is 5.94. The van der Waals surface area contributed by atoms with Crippen molar-refractivity contribution in [2.75, 3.05) is 24.0 Å². The number of nitrogens with one attached hydrogen (secondary N) is 2. The standard InChI is InChI=1S/C19H18N2O5/c22-18-3-1-2-12-8-13(4-6-15(12)21-18)20-19(23)10-24-14-5-7-16-17(9-14)26-11-25-16/h4-9H,1-3,10-11H2,(H,20,23)(H,21,22). The number of ether oxygens (including phenoxy) is 3. The molecule has 4 rings (SSSR count). The predicted molar refractivity (Wildman–Crippen MR) is 94.7 cm³/mol. The molecule has 0 radical (unpaired) electrons. The lowest BCUT2D eigenvalue weighted by atomic mass is 10.1. The Hall–Kier alpha value is -3.22. The molecule has 2 heterocycles. The van der Waals surface area contributed by atoms with Crippen LogP contribution >= 0.6 is 0 Å². The fourth-order valence-corrected chi connectivity index (χ4v) is 2.96. The van der Waals surface area contributed by atoms with E-state index in [1.807, 2.05) is 12.1 Å². The Kier molecular flexibility index (Phi) is 4.35. The molecule has 0 aliphatic carbocycles. The van der Waals surface area contributed by atoms with Crippen LogP contribution in [0, 0.1) is 0 Å². The third-order valence-corrected chi connectivity index (χ3v) is 4.23. The fourth-order valence-electron chi connectivity index (χ4n) is 2.96. The molecule has 0 bridgehead atoms. The molecule has 7 heteroatoms. The Balaban J connectivity index is 1.36. The monoisotopic (exact) mass is 354 g/mol. The number of carbonyl (C=O) groups is 2. The van der Waals surface area contributed by atoms with E-state index in [4.69, 9.17) is 14.2 Å². The Bertz CT molecular complexity index is 865. The second-order valence-electron chi connectivity index (χ2n) is 6.13. The fraction of sp³-hybridized carbons (Fsp3) is 0.263. The molecule has 0 unspecified atom stereocenters. The maximum Gasteiger partial charge on any atom is 0.262 e. The van der Waals surface area contributed by atoms with E-state index < -0.39 is 0 Å². The zero-order valence-electron chi connectivity index (χ0n) is 14.0. The number of benzene rings is 2. The van der Waals surface area contributed by atoms with Gasteiger partial charge in [0.1, 0.15) is 5.75 Å². The molecule has 0 aromatic heterocycles. The summed E-state index contributed by atoms with van der Waals surface area (Å²) in [5, 5.41) is 5.69. The largest absolute Gasteiger partial charge is 0.484 e. The van der Waals surface area contributed by atoms with Gasteiger partial charge in [-0.1, -0.05) is 0 Å². The van der Waals surface area contributed by atoms with Crippen molar-refractivity contribution in [3.8, 4) is 17.2 Å². The van der Waals surface area contributed by atoms with Crippen LogP contribution < -0.4 is 24.8 Å². The molecular formula is C19H18N2O5. The van der Waals surface area contributed by atoms with Crippen LogP contribution in [0.5, 0.6) is 17.2 Å². The molecule has 2 aromatic rings. The highest BCUT2D eigenvalue weighted by atomic mass is 16.7. The Morgan fingerprint density at radius 2 is 2.00 bits per heavy atom. The summed E-state index contributed by atoms with van der Waals surface area (Å²) >= 11 is 0. The van der Waals surface area contributed by atoms with E-state index in [-0.39, 0.29) is 25.2 Å². The van der Waals surface area contributed by atoms with Gasteiger partial charge in [-0.05, 0) is 48.7 Å². The molecule has 26 heavy (non-hydrogen) atoms. The third kappa shape index (κ3) is 3.56. The molecular weight excluding hydrogens is 336 g/mol. The summed E-state index contributed by atoms with van der Waals surface area (Å²) in [6.45, 7) is 0.0749. The van der Waals surface area contributed by atoms with E-state index >= 15 is 0 Å². The summed E-state index contributed by atoms with van der Waals surface area (Å²) in [5.74, 6) is 1.57. The van der Waals surface area contributed by atoms with Crippen molar-refractivity contribution in [3.05, 3.63) is 42.0 Å². The van der Waals surface area contributed by atoms with Crippen molar-refractivity contribution in [1.29, 1.82) is 0 Å². The number of hydrogen-bond donors (Lipinski definition) is 2. The third-order valence-electron chi connectivity index (χ3n) is 4.23. The minimum atomic E-state index is -0.264. The lowest BCUT2D eigenvalue weighted by Crippen LogP contribution is -2.20.